The molecule has 0 saturated carbocycles. The van der Waals surface area contributed by atoms with E-state index in [1.807, 2.05) is 0 Å². The van der Waals surface area contributed by atoms with Crippen LogP contribution < -0.4 is 20.8 Å². The molecule has 9 heteroatoms. The van der Waals surface area contributed by atoms with Crippen LogP contribution in [0.1, 0.15) is 13.8 Å². The Labute approximate surface area is 124 Å². The molecule has 120 valence electrons. The zero-order valence-corrected chi connectivity index (χ0v) is 12.7. The van der Waals surface area contributed by atoms with E-state index in [9.17, 15) is 0 Å². The molecule has 0 heterocycles. The summed E-state index contributed by atoms with van der Waals surface area (Å²) in [7, 11) is 3.60. The van der Waals surface area contributed by atoms with E-state index in [0.29, 0.717) is 13.1 Å². The van der Waals surface area contributed by atoms with E-state index in [1.54, 1.807) is 14.1 Å². The summed E-state index contributed by atoms with van der Waals surface area (Å²) in [5.41, 5.74) is 0. The number of carbonyl (C=O) groups excluding carboxylic acids is 2. The van der Waals surface area contributed by atoms with Crippen molar-refractivity contribution < 1.29 is 46.5 Å². The van der Waals surface area contributed by atoms with E-state index in [-0.39, 0.29) is 29.7 Å². The molecule has 0 aliphatic carbocycles. The third kappa shape index (κ3) is 376. The number of nitrogens with one attached hydrogen (secondary N) is 2. The molecule has 0 unspecified atom stereocenters. The second kappa shape index (κ2) is 36.0. The third-order valence-corrected chi connectivity index (χ3v) is 0.724. The van der Waals surface area contributed by atoms with Crippen molar-refractivity contribution in [2.24, 2.45) is 0 Å². The number of aliphatic hydroxyl groups excluding tert-OH is 2. The van der Waals surface area contributed by atoms with Gasteiger partial charge in [0.2, 0.25) is 0 Å². The Morgan fingerprint density at radius 3 is 1.05 bits per heavy atom. The number of carbonyl (C=O) groups is 2. The molecule has 4 N–H and O–H groups in total. The summed E-state index contributed by atoms with van der Waals surface area (Å²) in [5, 5.41) is 39.3. The molecule has 0 aromatic rings. The van der Waals surface area contributed by atoms with Gasteiger partial charge < -0.3 is 40.6 Å². The fourth-order valence-electron chi connectivity index (χ4n) is 0.224. The average Bonchev–Trinajstić information content (AvgIpc) is 2.19. The molecule has 19 heavy (non-hydrogen) atoms. The van der Waals surface area contributed by atoms with Gasteiger partial charge in [-0.05, 0) is 27.9 Å². The van der Waals surface area contributed by atoms with E-state index >= 15 is 0 Å². The van der Waals surface area contributed by atoms with E-state index in [1.165, 1.54) is 0 Å². The van der Waals surface area contributed by atoms with Crippen molar-refractivity contribution >= 4 is 11.9 Å². The monoisotopic (exact) mass is 326 g/mol. The minimum atomic E-state index is -1.08. The molecule has 0 atom stereocenters. The van der Waals surface area contributed by atoms with Gasteiger partial charge in [0, 0.05) is 25.0 Å². The van der Waals surface area contributed by atoms with Gasteiger partial charge in [0.25, 0.3) is 0 Å². The Kier molecular flexibility index (Phi) is 58.6. The Balaban J connectivity index is -0.0000000453. The summed E-state index contributed by atoms with van der Waals surface area (Å²) in [4.78, 5) is 17.8. The molecule has 0 aliphatic rings. The van der Waals surface area contributed by atoms with Gasteiger partial charge in [-0.15, -0.1) is 0 Å². The third-order valence-electron chi connectivity index (χ3n) is 0.724. The number of hydrogen-bond donors (Lipinski definition) is 4. The van der Waals surface area contributed by atoms with Crippen LogP contribution in [0.4, 0.5) is 0 Å². The normalized spacial score (nSPS) is 7.05. The van der Waals surface area contributed by atoms with Crippen molar-refractivity contribution in [2.45, 2.75) is 13.8 Å². The SMILES string of the molecule is CC(=O)[O-].CC(=O)[O-].CNCCO.CNCCO.[Ni+2]. The number of hydrogen-bond acceptors (Lipinski definition) is 8. The summed E-state index contributed by atoms with van der Waals surface area (Å²) in [6.07, 6.45) is 0. The second-order valence-electron chi connectivity index (χ2n) is 2.64. The van der Waals surface area contributed by atoms with Crippen LogP contribution in [0.5, 0.6) is 0 Å². The van der Waals surface area contributed by atoms with Gasteiger partial charge >= 0.3 is 16.5 Å². The molecule has 0 spiro atoms. The van der Waals surface area contributed by atoms with Crippen molar-refractivity contribution in [3.8, 4) is 0 Å². The Morgan fingerprint density at radius 2 is 1.05 bits per heavy atom. The average molecular weight is 327 g/mol. The number of aliphatic hydroxyl groups is 2. The summed E-state index contributed by atoms with van der Waals surface area (Å²) < 4.78 is 0. The maximum absolute atomic E-state index is 8.89. The van der Waals surface area contributed by atoms with Crippen LogP contribution in [0.3, 0.4) is 0 Å². The first-order chi connectivity index (χ1) is 8.29. The number of carboxylic acid groups (broad SMARTS) is 2. The van der Waals surface area contributed by atoms with E-state index in [0.717, 1.165) is 13.8 Å². The fraction of sp³-hybridized carbons (Fsp3) is 0.800. The van der Waals surface area contributed by atoms with Crippen molar-refractivity contribution in [3.05, 3.63) is 0 Å². The molecular formula is C10H24N2NiO6. The van der Waals surface area contributed by atoms with Crippen LogP contribution in [-0.4, -0.2) is 62.6 Å². The summed E-state index contributed by atoms with van der Waals surface area (Å²) in [5.74, 6) is -2.17. The van der Waals surface area contributed by atoms with Crippen molar-refractivity contribution in [3.63, 3.8) is 0 Å². The van der Waals surface area contributed by atoms with Crippen molar-refractivity contribution in [2.75, 3.05) is 40.4 Å². The van der Waals surface area contributed by atoms with Crippen LogP contribution in [0, 0.1) is 0 Å². The predicted octanol–water partition coefficient (Wildman–Crippen LogP) is -4.09. The minimum Gasteiger partial charge on any atom is -0.550 e. The van der Waals surface area contributed by atoms with Crippen LogP contribution in [0.2, 0.25) is 0 Å². The topological polar surface area (TPSA) is 145 Å². The first-order valence-corrected chi connectivity index (χ1v) is 5.16. The molecule has 0 fully saturated rings. The van der Waals surface area contributed by atoms with Gasteiger partial charge in [-0.1, -0.05) is 0 Å². The summed E-state index contributed by atoms with van der Waals surface area (Å²) >= 11 is 0. The van der Waals surface area contributed by atoms with E-state index in [4.69, 9.17) is 30.0 Å². The maximum Gasteiger partial charge on any atom is 2.00 e. The van der Waals surface area contributed by atoms with Gasteiger partial charge in [-0.2, -0.15) is 0 Å². The van der Waals surface area contributed by atoms with Gasteiger partial charge in [-0.3, -0.25) is 0 Å². The van der Waals surface area contributed by atoms with Crippen LogP contribution in [0.25, 0.3) is 0 Å². The Bertz CT molecular complexity index is 142. The molecule has 0 aromatic carbocycles. The Morgan fingerprint density at radius 1 is 0.895 bits per heavy atom. The van der Waals surface area contributed by atoms with Crippen molar-refractivity contribution in [1.29, 1.82) is 0 Å². The van der Waals surface area contributed by atoms with E-state index < -0.39 is 11.9 Å². The molecule has 0 aliphatic heterocycles. The molecule has 0 rings (SSSR count). The largest absolute Gasteiger partial charge is 2.00 e. The predicted molar refractivity (Wildman–Crippen MR) is 63.4 cm³/mol. The summed E-state index contributed by atoms with van der Waals surface area (Å²) in [6, 6.07) is 0. The smallest absolute Gasteiger partial charge is 0.550 e. The number of aliphatic carboxylic acids is 2. The molecule has 0 bridgehead atoms. The molecule has 0 aromatic heterocycles. The zero-order valence-electron chi connectivity index (χ0n) is 11.7. The molecule has 0 saturated heterocycles. The number of likely N-dealkylation sites (N-methyl/N-ethyl adjacent to an activating group) is 2. The first-order valence-electron chi connectivity index (χ1n) is 5.16. The number of carboxylic acids is 2. The van der Waals surface area contributed by atoms with Crippen LogP contribution in [-0.2, 0) is 26.1 Å². The molecule has 0 amide bonds. The molecule has 0 radical (unpaired) electrons. The Hall–Kier alpha value is -0.726. The minimum absolute atomic E-state index is 0. The molecule has 8 nitrogen and oxygen atoms in total. The fourth-order valence-corrected chi connectivity index (χ4v) is 0.224. The van der Waals surface area contributed by atoms with Crippen LogP contribution in [0.15, 0.2) is 0 Å². The zero-order chi connectivity index (χ0) is 15.4. The molecular weight excluding hydrogens is 303 g/mol. The van der Waals surface area contributed by atoms with E-state index in [2.05, 4.69) is 10.6 Å². The second-order valence-corrected chi connectivity index (χ2v) is 2.64. The first kappa shape index (κ1) is 30.9. The quantitative estimate of drug-likeness (QED) is 0.381. The van der Waals surface area contributed by atoms with Gasteiger partial charge in [-0.25, -0.2) is 0 Å². The van der Waals surface area contributed by atoms with Crippen LogP contribution >= 0.6 is 0 Å². The number of rotatable bonds is 4. The van der Waals surface area contributed by atoms with Gasteiger partial charge in [0.1, 0.15) is 0 Å². The van der Waals surface area contributed by atoms with Gasteiger partial charge in [0.15, 0.2) is 0 Å². The van der Waals surface area contributed by atoms with Gasteiger partial charge in [0.05, 0.1) is 13.2 Å². The standard InChI is InChI=1S/2C3H9NO.2C2H4O2.Ni/c2*1-4-2-3-5;2*1-2(3)4;/h2*4-5H,2-3H2,1H3;2*1H3,(H,3,4);/q;;;;+2/p-2. The van der Waals surface area contributed by atoms with Crippen molar-refractivity contribution in [1.82, 2.24) is 10.6 Å². The summed E-state index contributed by atoms with van der Waals surface area (Å²) in [6.45, 7) is 3.80. The maximum atomic E-state index is 8.89.